The van der Waals surface area contributed by atoms with Crippen LogP contribution in [0.5, 0.6) is 0 Å². The third-order valence-corrected chi connectivity index (χ3v) is 4.43. The van der Waals surface area contributed by atoms with Crippen molar-refractivity contribution in [3.05, 3.63) is 54.6 Å². The summed E-state index contributed by atoms with van der Waals surface area (Å²) in [5.74, 6) is -0.313. The number of carbonyl (C=O) groups is 2. The zero-order valence-corrected chi connectivity index (χ0v) is 13.9. The number of anilines is 1. The van der Waals surface area contributed by atoms with Gasteiger partial charge in [0, 0.05) is 11.3 Å². The molecule has 2 aromatic carbocycles. The molecule has 1 atom stereocenters. The van der Waals surface area contributed by atoms with Crippen LogP contribution in [0.1, 0.15) is 6.92 Å². The van der Waals surface area contributed by atoms with Crippen molar-refractivity contribution in [2.45, 2.75) is 12.2 Å². The van der Waals surface area contributed by atoms with Crippen LogP contribution in [0.25, 0.3) is 11.1 Å². The standard InChI is InChI=1S/C18H19NO3S/c1-13(23-12-17(20)22-2)18(21)19-16-11-7-6-10-15(16)14-8-4-3-5-9-14/h3-11,13H,12H2,1-2H3,(H,19,21)/t13-/m0/s1. The molecule has 2 aromatic rings. The number of hydrogen-bond acceptors (Lipinski definition) is 4. The minimum absolute atomic E-state index is 0.137. The minimum Gasteiger partial charge on any atom is -0.468 e. The van der Waals surface area contributed by atoms with E-state index in [0.717, 1.165) is 16.8 Å². The third kappa shape index (κ3) is 4.86. The van der Waals surface area contributed by atoms with E-state index in [4.69, 9.17) is 0 Å². The van der Waals surface area contributed by atoms with E-state index in [0.29, 0.717) is 0 Å². The van der Waals surface area contributed by atoms with Crippen molar-refractivity contribution in [3.8, 4) is 11.1 Å². The third-order valence-electron chi connectivity index (χ3n) is 3.32. The monoisotopic (exact) mass is 329 g/mol. The number of esters is 1. The molecule has 4 nitrogen and oxygen atoms in total. The summed E-state index contributed by atoms with van der Waals surface area (Å²) in [7, 11) is 1.34. The molecule has 1 N–H and O–H groups in total. The molecule has 0 heterocycles. The van der Waals surface area contributed by atoms with Gasteiger partial charge < -0.3 is 10.1 Å². The Balaban J connectivity index is 2.08. The van der Waals surface area contributed by atoms with Crippen LogP contribution in [0.15, 0.2) is 54.6 Å². The first-order valence-electron chi connectivity index (χ1n) is 7.25. The number of nitrogens with one attached hydrogen (secondary N) is 1. The summed E-state index contributed by atoms with van der Waals surface area (Å²) in [5.41, 5.74) is 2.76. The molecule has 0 bridgehead atoms. The van der Waals surface area contributed by atoms with Gasteiger partial charge in [-0.05, 0) is 18.6 Å². The lowest BCUT2D eigenvalue weighted by Crippen LogP contribution is -2.24. The second kappa shape index (κ2) is 8.39. The van der Waals surface area contributed by atoms with Crippen molar-refractivity contribution in [2.75, 3.05) is 18.2 Å². The van der Waals surface area contributed by atoms with Crippen LogP contribution in [-0.2, 0) is 14.3 Å². The lowest BCUT2D eigenvalue weighted by molar-refractivity contribution is -0.137. The number of hydrogen-bond donors (Lipinski definition) is 1. The highest BCUT2D eigenvalue weighted by Crippen LogP contribution is 2.28. The molecular formula is C18H19NO3S. The van der Waals surface area contributed by atoms with E-state index in [-0.39, 0.29) is 22.9 Å². The number of ether oxygens (including phenoxy) is 1. The number of thioether (sulfide) groups is 1. The van der Waals surface area contributed by atoms with Crippen LogP contribution in [0.3, 0.4) is 0 Å². The molecule has 0 saturated carbocycles. The first kappa shape index (κ1) is 17.1. The molecule has 0 fully saturated rings. The predicted octanol–water partition coefficient (Wildman–Crippen LogP) is 3.59. The molecule has 120 valence electrons. The lowest BCUT2D eigenvalue weighted by atomic mass is 10.0. The van der Waals surface area contributed by atoms with Crippen LogP contribution in [0, 0.1) is 0 Å². The van der Waals surface area contributed by atoms with E-state index >= 15 is 0 Å². The summed E-state index contributed by atoms with van der Waals surface area (Å²) in [5, 5.41) is 2.59. The molecular weight excluding hydrogens is 310 g/mol. The van der Waals surface area contributed by atoms with Crippen LogP contribution in [0.4, 0.5) is 5.69 Å². The maximum atomic E-state index is 12.3. The highest BCUT2D eigenvalue weighted by atomic mass is 32.2. The fourth-order valence-electron chi connectivity index (χ4n) is 2.02. The molecule has 0 aromatic heterocycles. The predicted molar refractivity (Wildman–Crippen MR) is 94.4 cm³/mol. The minimum atomic E-state index is -0.349. The number of methoxy groups -OCH3 is 1. The number of benzene rings is 2. The Morgan fingerprint density at radius 1 is 1.09 bits per heavy atom. The highest BCUT2D eigenvalue weighted by molar-refractivity contribution is 8.01. The van der Waals surface area contributed by atoms with Crippen molar-refractivity contribution < 1.29 is 14.3 Å². The van der Waals surface area contributed by atoms with Crippen LogP contribution in [-0.4, -0.2) is 30.0 Å². The zero-order chi connectivity index (χ0) is 16.7. The summed E-state index contributed by atoms with van der Waals surface area (Å²) < 4.78 is 4.58. The average Bonchev–Trinajstić information content (AvgIpc) is 2.60. The van der Waals surface area contributed by atoms with Crippen molar-refractivity contribution in [1.29, 1.82) is 0 Å². The molecule has 0 aliphatic heterocycles. The summed E-state index contributed by atoms with van der Waals surface area (Å²) in [6, 6.07) is 17.5. The van der Waals surface area contributed by atoms with Gasteiger partial charge in [0.25, 0.3) is 0 Å². The van der Waals surface area contributed by atoms with E-state index in [9.17, 15) is 9.59 Å². The van der Waals surface area contributed by atoms with Gasteiger partial charge in [-0.15, -0.1) is 11.8 Å². The molecule has 0 aliphatic rings. The number of rotatable bonds is 6. The van der Waals surface area contributed by atoms with Gasteiger partial charge in [0.2, 0.25) is 5.91 Å². The van der Waals surface area contributed by atoms with E-state index in [1.807, 2.05) is 54.6 Å². The number of amides is 1. The van der Waals surface area contributed by atoms with E-state index < -0.39 is 0 Å². The average molecular weight is 329 g/mol. The molecule has 23 heavy (non-hydrogen) atoms. The van der Waals surface area contributed by atoms with Crippen LogP contribution in [0.2, 0.25) is 0 Å². The number of para-hydroxylation sites is 1. The zero-order valence-electron chi connectivity index (χ0n) is 13.1. The summed E-state index contributed by atoms with van der Waals surface area (Å²) >= 11 is 1.25. The van der Waals surface area contributed by atoms with E-state index in [1.54, 1.807) is 6.92 Å². The molecule has 1 amide bonds. The fourth-order valence-corrected chi connectivity index (χ4v) is 2.74. The Hall–Kier alpha value is -2.27. The molecule has 0 aliphatic carbocycles. The van der Waals surface area contributed by atoms with Crippen LogP contribution < -0.4 is 5.32 Å². The second-order valence-corrected chi connectivity index (χ2v) is 6.26. The van der Waals surface area contributed by atoms with Gasteiger partial charge in [0.1, 0.15) is 0 Å². The van der Waals surface area contributed by atoms with Gasteiger partial charge in [-0.1, -0.05) is 48.5 Å². The Kier molecular flexibility index (Phi) is 6.23. The maximum Gasteiger partial charge on any atom is 0.315 e. The smallest absolute Gasteiger partial charge is 0.315 e. The molecule has 0 spiro atoms. The quantitative estimate of drug-likeness (QED) is 0.823. The molecule has 0 saturated heterocycles. The fraction of sp³-hybridized carbons (Fsp3) is 0.222. The number of carbonyl (C=O) groups excluding carboxylic acids is 2. The van der Waals surface area contributed by atoms with Crippen molar-refractivity contribution in [3.63, 3.8) is 0 Å². The lowest BCUT2D eigenvalue weighted by Gasteiger charge is -2.14. The Morgan fingerprint density at radius 2 is 1.74 bits per heavy atom. The molecule has 0 unspecified atom stereocenters. The van der Waals surface area contributed by atoms with Gasteiger partial charge in [-0.2, -0.15) is 0 Å². The van der Waals surface area contributed by atoms with Gasteiger partial charge in [-0.3, -0.25) is 9.59 Å². The molecule has 5 heteroatoms. The van der Waals surface area contributed by atoms with Gasteiger partial charge in [-0.25, -0.2) is 0 Å². The second-order valence-electron chi connectivity index (χ2n) is 4.93. The van der Waals surface area contributed by atoms with Gasteiger partial charge >= 0.3 is 5.97 Å². The van der Waals surface area contributed by atoms with Gasteiger partial charge in [0.05, 0.1) is 18.1 Å². The molecule has 2 rings (SSSR count). The highest BCUT2D eigenvalue weighted by Gasteiger charge is 2.17. The largest absolute Gasteiger partial charge is 0.468 e. The first-order chi connectivity index (χ1) is 11.1. The SMILES string of the molecule is COC(=O)CS[C@@H](C)C(=O)Nc1ccccc1-c1ccccc1. The Morgan fingerprint density at radius 3 is 2.43 bits per heavy atom. The van der Waals surface area contributed by atoms with E-state index in [2.05, 4.69) is 10.1 Å². The first-order valence-corrected chi connectivity index (χ1v) is 8.30. The van der Waals surface area contributed by atoms with Crippen molar-refractivity contribution in [2.24, 2.45) is 0 Å². The van der Waals surface area contributed by atoms with E-state index in [1.165, 1.54) is 18.9 Å². The topological polar surface area (TPSA) is 55.4 Å². The van der Waals surface area contributed by atoms with Crippen molar-refractivity contribution in [1.82, 2.24) is 0 Å². The molecule has 0 radical (unpaired) electrons. The summed E-state index contributed by atoms with van der Waals surface area (Å²) in [4.78, 5) is 23.5. The van der Waals surface area contributed by atoms with Crippen LogP contribution >= 0.6 is 11.8 Å². The normalized spacial score (nSPS) is 11.6. The van der Waals surface area contributed by atoms with Gasteiger partial charge in [0.15, 0.2) is 0 Å². The Bertz CT molecular complexity index is 673. The summed E-state index contributed by atoms with van der Waals surface area (Å²) in [6.07, 6.45) is 0. The Labute approximate surface area is 140 Å². The maximum absolute atomic E-state index is 12.3. The summed E-state index contributed by atoms with van der Waals surface area (Å²) in [6.45, 7) is 1.77. The van der Waals surface area contributed by atoms with Crippen molar-refractivity contribution >= 4 is 29.3 Å².